The molecule has 6 rings (SSSR count). The second-order valence-electron chi connectivity index (χ2n) is 9.63. The molecule has 4 heterocycles. The average Bonchev–Trinajstić information content (AvgIpc) is 3.65. The predicted octanol–water partition coefficient (Wildman–Crippen LogP) is 4.62. The number of hydrogen-bond donors (Lipinski definition) is 1. The summed E-state index contributed by atoms with van der Waals surface area (Å²) in [6.07, 6.45) is 2.91. The second-order valence-corrected chi connectivity index (χ2v) is 11.6. The summed E-state index contributed by atoms with van der Waals surface area (Å²) in [5.74, 6) is 3.45. The summed E-state index contributed by atoms with van der Waals surface area (Å²) < 4.78 is 48.6. The zero-order valence-corrected chi connectivity index (χ0v) is 22.4. The fourth-order valence-corrected chi connectivity index (χ4v) is 7.26. The van der Waals surface area contributed by atoms with Crippen molar-refractivity contribution >= 4 is 38.8 Å². The van der Waals surface area contributed by atoms with Gasteiger partial charge in [0.25, 0.3) is 0 Å². The van der Waals surface area contributed by atoms with E-state index in [0.29, 0.717) is 36.2 Å². The van der Waals surface area contributed by atoms with Crippen molar-refractivity contribution in [2.75, 3.05) is 44.3 Å². The van der Waals surface area contributed by atoms with Crippen LogP contribution in [0.2, 0.25) is 0 Å². The number of anilines is 2. The van der Waals surface area contributed by atoms with Gasteiger partial charge in [-0.1, -0.05) is 10.7 Å². The SMILES string of the molecule is COc1c(N=S2CCCC2)cc2ncnc(Nc3ccc(F)cc3OC3CO[C@@H]4C(OC)CO[C@H]34)c2c1C. The Kier molecular flexibility index (Phi) is 7.17. The Balaban J connectivity index is 1.33. The smallest absolute Gasteiger partial charge is 0.151 e. The summed E-state index contributed by atoms with van der Waals surface area (Å²) in [5, 5.41) is 4.15. The molecule has 0 radical (unpaired) electrons. The minimum atomic E-state index is -0.410. The van der Waals surface area contributed by atoms with E-state index in [1.807, 2.05) is 13.0 Å². The molecule has 1 N–H and O–H groups in total. The molecule has 0 amide bonds. The summed E-state index contributed by atoms with van der Waals surface area (Å²) in [6.45, 7) is 2.74. The number of fused-ring (bicyclic) bond motifs is 2. The maximum atomic E-state index is 14.3. The highest BCUT2D eigenvalue weighted by molar-refractivity contribution is 7.87. The van der Waals surface area contributed by atoms with E-state index in [1.54, 1.807) is 20.3 Å². The first-order valence-corrected chi connectivity index (χ1v) is 14.3. The average molecular weight is 543 g/mol. The highest BCUT2D eigenvalue weighted by Crippen LogP contribution is 2.41. The molecule has 3 saturated heterocycles. The van der Waals surface area contributed by atoms with Crippen LogP contribution >= 0.6 is 0 Å². The van der Waals surface area contributed by atoms with Crippen LogP contribution in [0.15, 0.2) is 35.0 Å². The number of aryl methyl sites for hydroxylation is 1. The second kappa shape index (κ2) is 10.7. The van der Waals surface area contributed by atoms with Crippen molar-refractivity contribution in [3.05, 3.63) is 42.0 Å². The third-order valence-electron chi connectivity index (χ3n) is 7.28. The maximum absolute atomic E-state index is 14.3. The standard InChI is InChI=1S/C27H31FN4O5S/c1-15-23-18(11-19(24(15)34-3)32-38-8-4-5-9-38)29-14-30-27(23)31-17-7-6-16(28)10-20(17)37-22-13-36-25-21(33-2)12-35-26(22)25/h6-7,10-11,14,21-22,25-26H,4-5,8-9,12-13H2,1-3H3,(H,29,30,31)/t21?,22?,25-,26-/m1/s1. The van der Waals surface area contributed by atoms with Gasteiger partial charge in [0.05, 0.1) is 31.5 Å². The molecule has 1 aromatic heterocycles. The van der Waals surface area contributed by atoms with Crippen LogP contribution in [0, 0.1) is 12.7 Å². The van der Waals surface area contributed by atoms with Crippen LogP contribution in [0.4, 0.5) is 21.6 Å². The molecule has 11 heteroatoms. The number of halogens is 1. The Morgan fingerprint density at radius 3 is 2.58 bits per heavy atom. The van der Waals surface area contributed by atoms with Gasteiger partial charge < -0.3 is 29.0 Å². The van der Waals surface area contributed by atoms with Gasteiger partial charge in [-0.05, 0) is 38.0 Å². The highest BCUT2D eigenvalue weighted by atomic mass is 32.2. The number of aromatic nitrogens is 2. The predicted molar refractivity (Wildman–Crippen MR) is 144 cm³/mol. The third-order valence-corrected chi connectivity index (χ3v) is 9.25. The summed E-state index contributed by atoms with van der Waals surface area (Å²) in [5.41, 5.74) is 3.02. The van der Waals surface area contributed by atoms with Crippen LogP contribution in [0.3, 0.4) is 0 Å². The number of benzene rings is 2. The minimum absolute atomic E-state index is 0.0143. The fourth-order valence-electron chi connectivity index (χ4n) is 5.39. The molecular weight excluding hydrogens is 511 g/mol. The van der Waals surface area contributed by atoms with Crippen molar-refractivity contribution in [3.63, 3.8) is 0 Å². The number of nitrogens with one attached hydrogen (secondary N) is 1. The van der Waals surface area contributed by atoms with E-state index in [9.17, 15) is 4.39 Å². The molecule has 3 aliphatic rings. The van der Waals surface area contributed by atoms with E-state index in [2.05, 4.69) is 15.3 Å². The van der Waals surface area contributed by atoms with Gasteiger partial charge in [-0.2, -0.15) is 0 Å². The molecule has 0 saturated carbocycles. The molecule has 9 nitrogen and oxygen atoms in total. The van der Waals surface area contributed by atoms with Gasteiger partial charge in [0, 0.05) is 35.6 Å². The van der Waals surface area contributed by atoms with Gasteiger partial charge in [0.15, 0.2) is 6.10 Å². The van der Waals surface area contributed by atoms with Crippen molar-refractivity contribution in [1.29, 1.82) is 0 Å². The van der Waals surface area contributed by atoms with Crippen LogP contribution in [0.1, 0.15) is 18.4 Å². The molecule has 2 unspecified atom stereocenters. The lowest BCUT2D eigenvalue weighted by molar-refractivity contribution is -0.0138. The van der Waals surface area contributed by atoms with Gasteiger partial charge in [0.1, 0.15) is 53.5 Å². The lowest BCUT2D eigenvalue weighted by Gasteiger charge is -2.21. The molecule has 3 fully saturated rings. The summed E-state index contributed by atoms with van der Waals surface area (Å²) in [7, 11) is 3.31. The Morgan fingerprint density at radius 2 is 1.82 bits per heavy atom. The third kappa shape index (κ3) is 4.72. The van der Waals surface area contributed by atoms with Crippen LogP contribution in [-0.2, 0) is 24.9 Å². The van der Waals surface area contributed by atoms with E-state index < -0.39 is 11.9 Å². The molecule has 2 aromatic carbocycles. The van der Waals surface area contributed by atoms with E-state index in [-0.39, 0.29) is 29.0 Å². The minimum Gasteiger partial charge on any atom is -0.494 e. The zero-order valence-electron chi connectivity index (χ0n) is 21.6. The molecule has 3 aromatic rings. The van der Waals surface area contributed by atoms with Gasteiger partial charge in [-0.3, -0.25) is 0 Å². The monoisotopic (exact) mass is 542 g/mol. The number of hydrogen-bond acceptors (Lipinski definition) is 9. The summed E-state index contributed by atoms with van der Waals surface area (Å²) in [4.78, 5) is 9.05. The Hall–Kier alpha value is -2.86. The molecule has 38 heavy (non-hydrogen) atoms. The van der Waals surface area contributed by atoms with Gasteiger partial charge in [-0.25, -0.2) is 18.7 Å². The first-order chi connectivity index (χ1) is 18.6. The Bertz CT molecular complexity index is 1380. The summed E-state index contributed by atoms with van der Waals surface area (Å²) in [6, 6.07) is 6.33. The van der Waals surface area contributed by atoms with Crippen LogP contribution < -0.4 is 14.8 Å². The first kappa shape index (κ1) is 25.4. The molecule has 4 atom stereocenters. The van der Waals surface area contributed by atoms with Crippen LogP contribution in [0.5, 0.6) is 11.5 Å². The molecule has 3 aliphatic heterocycles. The van der Waals surface area contributed by atoms with Gasteiger partial charge in [-0.15, -0.1) is 0 Å². The van der Waals surface area contributed by atoms with E-state index in [0.717, 1.165) is 33.7 Å². The molecule has 0 aliphatic carbocycles. The fraction of sp³-hybridized carbons (Fsp3) is 0.481. The lowest BCUT2D eigenvalue weighted by atomic mass is 10.1. The molecule has 202 valence electrons. The summed E-state index contributed by atoms with van der Waals surface area (Å²) >= 11 is 0. The van der Waals surface area contributed by atoms with Crippen LogP contribution in [-0.4, -0.2) is 73.3 Å². The number of nitrogens with zero attached hydrogens (tertiary/aromatic N) is 3. The maximum Gasteiger partial charge on any atom is 0.151 e. The molecule has 0 bridgehead atoms. The number of methoxy groups -OCH3 is 2. The first-order valence-electron chi connectivity index (χ1n) is 12.8. The Labute approximate surface area is 223 Å². The molecular formula is C27H31FN4O5S. The Morgan fingerprint density at radius 1 is 1.05 bits per heavy atom. The zero-order chi connectivity index (χ0) is 26.2. The quantitative estimate of drug-likeness (QED) is 0.462. The van der Waals surface area contributed by atoms with E-state index >= 15 is 0 Å². The normalized spacial score (nSPS) is 25.1. The van der Waals surface area contributed by atoms with Gasteiger partial charge in [0.2, 0.25) is 0 Å². The van der Waals surface area contributed by atoms with Crippen molar-refractivity contribution in [2.45, 2.75) is 44.2 Å². The number of ether oxygens (including phenoxy) is 5. The van der Waals surface area contributed by atoms with Crippen molar-refractivity contribution < 1.29 is 28.1 Å². The van der Waals surface area contributed by atoms with Crippen molar-refractivity contribution in [1.82, 2.24) is 9.97 Å². The highest BCUT2D eigenvalue weighted by Gasteiger charge is 2.49. The lowest BCUT2D eigenvalue weighted by Crippen LogP contribution is -2.35. The number of rotatable bonds is 7. The van der Waals surface area contributed by atoms with Gasteiger partial charge >= 0.3 is 0 Å². The largest absolute Gasteiger partial charge is 0.494 e. The van der Waals surface area contributed by atoms with Crippen molar-refractivity contribution in [2.24, 2.45) is 4.36 Å². The topological polar surface area (TPSA) is 96.3 Å². The van der Waals surface area contributed by atoms with E-state index in [4.69, 9.17) is 28.0 Å². The molecule has 0 spiro atoms. The van der Waals surface area contributed by atoms with E-state index in [1.165, 1.54) is 31.3 Å². The van der Waals surface area contributed by atoms with Crippen molar-refractivity contribution in [3.8, 4) is 11.5 Å². The van der Waals surface area contributed by atoms with Crippen LogP contribution in [0.25, 0.3) is 10.9 Å².